The standard InChI is InChI=1S/C25H23N3O4S/c1-15-3-6-19(26-24(29)17-5-8-22-23(12-17)32-10-9-31-22)13-20(15)27-25(30)16-4-7-21-18(11-16)14-33-28(21)2/h3-8,11-13H,9-10,14H2,1-2H3,(H,26,29)(H,27,30). The Morgan fingerprint density at radius 3 is 2.45 bits per heavy atom. The Morgan fingerprint density at radius 2 is 1.61 bits per heavy atom. The quantitative estimate of drug-likeness (QED) is 0.540. The summed E-state index contributed by atoms with van der Waals surface area (Å²) in [5.74, 6) is 1.59. The van der Waals surface area contributed by atoms with Crippen LogP contribution < -0.4 is 24.4 Å². The number of aryl methyl sites for hydroxylation is 1. The number of benzene rings is 3. The van der Waals surface area contributed by atoms with E-state index >= 15 is 0 Å². The Bertz CT molecular complexity index is 1260. The van der Waals surface area contributed by atoms with E-state index in [1.54, 1.807) is 36.2 Å². The van der Waals surface area contributed by atoms with Crippen molar-refractivity contribution < 1.29 is 19.1 Å². The number of nitrogens with zero attached hydrogens (tertiary/aromatic N) is 1. The van der Waals surface area contributed by atoms with E-state index in [2.05, 4.69) is 14.9 Å². The van der Waals surface area contributed by atoms with Crippen molar-refractivity contribution in [3.63, 3.8) is 0 Å². The average Bonchev–Trinajstić information content (AvgIpc) is 3.20. The van der Waals surface area contributed by atoms with E-state index in [0.717, 1.165) is 22.6 Å². The number of hydrogen-bond donors (Lipinski definition) is 2. The lowest BCUT2D eigenvalue weighted by molar-refractivity contribution is 0.101. The van der Waals surface area contributed by atoms with Gasteiger partial charge in [0.15, 0.2) is 11.5 Å². The summed E-state index contributed by atoms with van der Waals surface area (Å²) in [6, 6.07) is 16.3. The van der Waals surface area contributed by atoms with E-state index in [1.807, 2.05) is 44.3 Å². The number of carbonyl (C=O) groups is 2. The largest absolute Gasteiger partial charge is 0.486 e. The molecule has 0 atom stereocenters. The number of carbonyl (C=O) groups excluding carboxylic acids is 2. The zero-order valence-corrected chi connectivity index (χ0v) is 19.1. The highest BCUT2D eigenvalue weighted by molar-refractivity contribution is 8.00. The van der Waals surface area contributed by atoms with Gasteiger partial charge in [-0.25, -0.2) is 0 Å². The van der Waals surface area contributed by atoms with Gasteiger partial charge in [0.25, 0.3) is 11.8 Å². The lowest BCUT2D eigenvalue weighted by Gasteiger charge is -2.18. The fourth-order valence-electron chi connectivity index (χ4n) is 3.80. The summed E-state index contributed by atoms with van der Waals surface area (Å²) in [4.78, 5) is 25.7. The zero-order valence-electron chi connectivity index (χ0n) is 18.3. The normalized spacial score (nSPS) is 13.9. The molecule has 0 saturated heterocycles. The fourth-order valence-corrected chi connectivity index (χ4v) is 4.68. The Hall–Kier alpha value is -3.65. The Morgan fingerprint density at radius 1 is 0.879 bits per heavy atom. The Kier molecular flexibility index (Phi) is 5.60. The van der Waals surface area contributed by atoms with Gasteiger partial charge in [-0.05, 0) is 78.5 Å². The van der Waals surface area contributed by atoms with Gasteiger partial charge < -0.3 is 24.4 Å². The molecule has 2 N–H and O–H groups in total. The van der Waals surface area contributed by atoms with Crippen molar-refractivity contribution in [2.75, 3.05) is 35.2 Å². The maximum atomic E-state index is 12.9. The highest BCUT2D eigenvalue weighted by Crippen LogP contribution is 2.37. The van der Waals surface area contributed by atoms with Crippen LogP contribution in [-0.4, -0.2) is 32.1 Å². The van der Waals surface area contributed by atoms with Crippen molar-refractivity contribution >= 4 is 40.8 Å². The number of fused-ring (bicyclic) bond motifs is 2. The Labute approximate surface area is 196 Å². The maximum absolute atomic E-state index is 12.9. The van der Waals surface area contributed by atoms with Gasteiger partial charge in [-0.3, -0.25) is 9.59 Å². The molecule has 0 spiro atoms. The van der Waals surface area contributed by atoms with Crippen molar-refractivity contribution in [1.82, 2.24) is 0 Å². The van der Waals surface area contributed by atoms with Gasteiger partial charge in [-0.2, -0.15) is 0 Å². The van der Waals surface area contributed by atoms with Crippen LogP contribution in [0.3, 0.4) is 0 Å². The van der Waals surface area contributed by atoms with E-state index in [1.165, 1.54) is 0 Å². The zero-order chi connectivity index (χ0) is 22.9. The first kappa shape index (κ1) is 21.2. The van der Waals surface area contributed by atoms with Gasteiger partial charge in [-0.1, -0.05) is 6.07 Å². The van der Waals surface area contributed by atoms with Gasteiger partial charge in [0.05, 0.1) is 5.69 Å². The minimum atomic E-state index is -0.270. The molecular weight excluding hydrogens is 438 g/mol. The summed E-state index contributed by atoms with van der Waals surface area (Å²) in [5.41, 5.74) is 5.48. The third-order valence-electron chi connectivity index (χ3n) is 5.64. The smallest absolute Gasteiger partial charge is 0.255 e. The van der Waals surface area contributed by atoms with Crippen molar-refractivity contribution in [1.29, 1.82) is 0 Å². The summed E-state index contributed by atoms with van der Waals surface area (Å²) in [6.45, 7) is 2.87. The van der Waals surface area contributed by atoms with Crippen LogP contribution in [0.4, 0.5) is 17.1 Å². The first-order valence-electron chi connectivity index (χ1n) is 10.6. The van der Waals surface area contributed by atoms with Crippen LogP contribution in [0.1, 0.15) is 31.8 Å². The van der Waals surface area contributed by atoms with Crippen LogP contribution in [-0.2, 0) is 5.75 Å². The molecule has 33 heavy (non-hydrogen) atoms. The van der Waals surface area contributed by atoms with Gasteiger partial charge in [0.2, 0.25) is 0 Å². The molecule has 168 valence electrons. The molecule has 2 aliphatic heterocycles. The average molecular weight is 462 g/mol. The lowest BCUT2D eigenvalue weighted by atomic mass is 10.1. The summed E-state index contributed by atoms with van der Waals surface area (Å²) < 4.78 is 13.2. The molecule has 2 aliphatic rings. The predicted molar refractivity (Wildman–Crippen MR) is 131 cm³/mol. The molecular formula is C25H23N3O4S. The number of anilines is 3. The van der Waals surface area contributed by atoms with Gasteiger partial charge in [-0.15, -0.1) is 0 Å². The third kappa shape index (κ3) is 4.34. The molecule has 8 heteroatoms. The molecule has 0 aromatic heterocycles. The second kappa shape index (κ2) is 8.71. The van der Waals surface area contributed by atoms with Crippen LogP contribution in [0, 0.1) is 6.92 Å². The van der Waals surface area contributed by atoms with Crippen LogP contribution in [0.2, 0.25) is 0 Å². The van der Waals surface area contributed by atoms with Crippen molar-refractivity contribution in [3.8, 4) is 11.5 Å². The maximum Gasteiger partial charge on any atom is 0.255 e. The SMILES string of the molecule is Cc1ccc(NC(=O)c2ccc3c(c2)OCCO3)cc1NC(=O)c1ccc2c(c1)CSN2C. The molecule has 3 aromatic rings. The minimum absolute atomic E-state index is 0.184. The first-order valence-corrected chi connectivity index (χ1v) is 11.5. The lowest BCUT2D eigenvalue weighted by Crippen LogP contribution is -2.17. The molecule has 3 aromatic carbocycles. The molecule has 7 nitrogen and oxygen atoms in total. The summed E-state index contributed by atoms with van der Waals surface area (Å²) in [5, 5.41) is 5.87. The predicted octanol–water partition coefficient (Wildman–Crippen LogP) is 4.87. The van der Waals surface area contributed by atoms with Gasteiger partial charge >= 0.3 is 0 Å². The van der Waals surface area contributed by atoms with E-state index < -0.39 is 0 Å². The molecule has 0 unspecified atom stereocenters. The third-order valence-corrected chi connectivity index (χ3v) is 6.67. The molecule has 2 heterocycles. The summed E-state index contributed by atoms with van der Waals surface area (Å²) in [6.07, 6.45) is 0. The van der Waals surface area contributed by atoms with E-state index in [4.69, 9.17) is 9.47 Å². The second-order valence-electron chi connectivity index (χ2n) is 7.91. The van der Waals surface area contributed by atoms with E-state index in [9.17, 15) is 9.59 Å². The molecule has 0 saturated carbocycles. The van der Waals surface area contributed by atoms with E-state index in [-0.39, 0.29) is 11.8 Å². The second-order valence-corrected chi connectivity index (χ2v) is 9.01. The van der Waals surface area contributed by atoms with Crippen LogP contribution >= 0.6 is 11.9 Å². The monoisotopic (exact) mass is 461 g/mol. The minimum Gasteiger partial charge on any atom is -0.486 e. The van der Waals surface area contributed by atoms with Crippen LogP contribution in [0.25, 0.3) is 0 Å². The fraction of sp³-hybridized carbons (Fsp3) is 0.200. The number of rotatable bonds is 4. The molecule has 2 amide bonds. The summed E-state index contributed by atoms with van der Waals surface area (Å²) >= 11 is 1.71. The molecule has 0 fully saturated rings. The molecule has 0 bridgehead atoms. The Balaban J connectivity index is 1.31. The molecule has 0 radical (unpaired) electrons. The molecule has 0 aliphatic carbocycles. The molecule has 5 rings (SSSR count). The highest BCUT2D eigenvalue weighted by atomic mass is 32.2. The van der Waals surface area contributed by atoms with Crippen molar-refractivity contribution in [3.05, 3.63) is 76.9 Å². The van der Waals surface area contributed by atoms with Crippen LogP contribution in [0.15, 0.2) is 54.6 Å². The number of hydrogen-bond acceptors (Lipinski definition) is 6. The van der Waals surface area contributed by atoms with Crippen molar-refractivity contribution in [2.24, 2.45) is 0 Å². The highest BCUT2D eigenvalue weighted by Gasteiger charge is 2.19. The number of ether oxygens (including phenoxy) is 2. The number of amides is 2. The number of nitrogens with one attached hydrogen (secondary N) is 2. The topological polar surface area (TPSA) is 79.9 Å². The van der Waals surface area contributed by atoms with Crippen molar-refractivity contribution in [2.45, 2.75) is 12.7 Å². The summed E-state index contributed by atoms with van der Waals surface area (Å²) in [7, 11) is 2.02. The first-order chi connectivity index (χ1) is 16.0. The van der Waals surface area contributed by atoms with Gasteiger partial charge in [0.1, 0.15) is 13.2 Å². The van der Waals surface area contributed by atoms with Crippen LogP contribution in [0.5, 0.6) is 11.5 Å². The van der Waals surface area contributed by atoms with Gasteiger partial charge in [0, 0.05) is 35.3 Å². The van der Waals surface area contributed by atoms with E-state index in [0.29, 0.717) is 47.2 Å².